The van der Waals surface area contributed by atoms with Crippen LogP contribution in [0.5, 0.6) is 0 Å². The normalized spacial score (nSPS) is 21.0. The molecule has 4 rings (SSSR count). The van der Waals surface area contributed by atoms with Crippen molar-refractivity contribution in [3.63, 3.8) is 0 Å². The molecule has 0 bridgehead atoms. The number of carbonyl (C=O) groups excluding carboxylic acids is 1. The van der Waals surface area contributed by atoms with Crippen molar-refractivity contribution in [3.8, 4) is 0 Å². The largest absolute Gasteiger partial charge is 0.352 e. The summed E-state index contributed by atoms with van der Waals surface area (Å²) in [4.78, 5) is 35.3. The van der Waals surface area contributed by atoms with E-state index in [-0.39, 0.29) is 23.4 Å². The summed E-state index contributed by atoms with van der Waals surface area (Å²) in [6.07, 6.45) is 6.59. The molecule has 3 heterocycles. The fourth-order valence-corrected chi connectivity index (χ4v) is 6.04. The molecule has 0 spiro atoms. The predicted octanol–water partition coefficient (Wildman–Crippen LogP) is 3.89. The number of amides is 1. The van der Waals surface area contributed by atoms with Crippen molar-refractivity contribution in [2.75, 3.05) is 19.6 Å². The maximum absolute atomic E-state index is 13.6. The van der Waals surface area contributed by atoms with Crippen LogP contribution in [-0.2, 0) is 4.79 Å². The van der Waals surface area contributed by atoms with Crippen LogP contribution >= 0.6 is 11.3 Å². The second-order valence-electron chi connectivity index (χ2n) is 9.34. The first-order valence-corrected chi connectivity index (χ1v) is 12.2. The van der Waals surface area contributed by atoms with Crippen molar-refractivity contribution in [1.82, 2.24) is 19.8 Å². The quantitative estimate of drug-likeness (QED) is 0.781. The van der Waals surface area contributed by atoms with Gasteiger partial charge < -0.3 is 5.32 Å². The van der Waals surface area contributed by atoms with Crippen molar-refractivity contribution < 1.29 is 4.79 Å². The Labute approximate surface area is 182 Å². The summed E-state index contributed by atoms with van der Waals surface area (Å²) in [6, 6.07) is 0.420. The first-order chi connectivity index (χ1) is 14.3. The Hall–Kier alpha value is -1.73. The van der Waals surface area contributed by atoms with Gasteiger partial charge in [0.1, 0.15) is 10.7 Å². The minimum absolute atomic E-state index is 0.0689. The Morgan fingerprint density at radius 2 is 1.93 bits per heavy atom. The Morgan fingerprint density at radius 3 is 2.63 bits per heavy atom. The van der Waals surface area contributed by atoms with E-state index in [0.29, 0.717) is 12.6 Å². The molecule has 1 atom stereocenters. The number of nitrogens with zero attached hydrogens (tertiary/aromatic N) is 3. The van der Waals surface area contributed by atoms with Gasteiger partial charge in [-0.05, 0) is 51.6 Å². The molecule has 2 aromatic rings. The molecular formula is C23H34N4O2S. The highest BCUT2D eigenvalue weighted by molar-refractivity contribution is 7.18. The molecule has 2 aromatic heterocycles. The van der Waals surface area contributed by atoms with Crippen LogP contribution in [0.15, 0.2) is 4.79 Å². The highest BCUT2D eigenvalue weighted by Crippen LogP contribution is 2.30. The molecule has 0 aromatic carbocycles. The highest BCUT2D eigenvalue weighted by Gasteiger charge is 2.28. The molecule has 2 fully saturated rings. The third-order valence-electron chi connectivity index (χ3n) is 6.71. The minimum Gasteiger partial charge on any atom is -0.352 e. The fraction of sp³-hybridized carbons (Fsp3) is 0.696. The Bertz CT molecular complexity index is 987. The molecule has 1 saturated carbocycles. The number of likely N-dealkylation sites (tertiary alicyclic amines) is 1. The number of rotatable bonds is 5. The van der Waals surface area contributed by atoms with E-state index in [1.807, 2.05) is 11.5 Å². The van der Waals surface area contributed by atoms with E-state index < -0.39 is 0 Å². The van der Waals surface area contributed by atoms with Crippen molar-refractivity contribution in [3.05, 3.63) is 26.6 Å². The van der Waals surface area contributed by atoms with Gasteiger partial charge in [-0.25, -0.2) is 4.98 Å². The lowest BCUT2D eigenvalue weighted by Crippen LogP contribution is -2.46. The van der Waals surface area contributed by atoms with Crippen LogP contribution in [0, 0.1) is 13.8 Å². The van der Waals surface area contributed by atoms with Crippen LogP contribution in [0.2, 0.25) is 0 Å². The van der Waals surface area contributed by atoms with Crippen LogP contribution in [-0.4, -0.2) is 46.0 Å². The maximum Gasteiger partial charge on any atom is 0.262 e. The molecule has 0 radical (unpaired) electrons. The third kappa shape index (κ3) is 4.19. The highest BCUT2D eigenvalue weighted by atomic mass is 32.1. The van der Waals surface area contributed by atoms with Crippen LogP contribution in [0.25, 0.3) is 10.2 Å². The van der Waals surface area contributed by atoms with Crippen LogP contribution in [0.4, 0.5) is 0 Å². The van der Waals surface area contributed by atoms with Crippen LogP contribution in [0.3, 0.4) is 0 Å². The average Bonchev–Trinajstić information content (AvgIpc) is 3.29. The zero-order valence-electron chi connectivity index (χ0n) is 18.7. The lowest BCUT2D eigenvalue weighted by Gasteiger charge is -2.34. The lowest BCUT2D eigenvalue weighted by atomic mass is 10.0. The number of hydrogen-bond donors (Lipinski definition) is 1. The van der Waals surface area contributed by atoms with Crippen LogP contribution < -0.4 is 10.9 Å². The summed E-state index contributed by atoms with van der Waals surface area (Å²) in [5, 5.41) is 3.97. The molecule has 0 unspecified atom stereocenters. The Kier molecular flexibility index (Phi) is 6.30. The molecule has 164 valence electrons. The van der Waals surface area contributed by atoms with Crippen molar-refractivity contribution in [2.45, 2.75) is 84.2 Å². The summed E-state index contributed by atoms with van der Waals surface area (Å²) in [5.41, 5.74) is 1.15. The number of thiophene rings is 1. The van der Waals surface area contributed by atoms with E-state index in [0.717, 1.165) is 65.3 Å². The van der Waals surface area contributed by atoms with E-state index in [2.05, 4.69) is 31.0 Å². The summed E-state index contributed by atoms with van der Waals surface area (Å²) < 4.78 is 1.95. The zero-order valence-corrected chi connectivity index (χ0v) is 19.5. The predicted molar refractivity (Wildman–Crippen MR) is 123 cm³/mol. The molecule has 1 saturated heterocycles. The zero-order chi connectivity index (χ0) is 21.4. The summed E-state index contributed by atoms with van der Waals surface area (Å²) in [5.74, 6) is 1.17. The second kappa shape index (κ2) is 8.79. The number of fused-ring (bicyclic) bond motifs is 1. The number of aryl methyl sites for hydroxylation is 2. The summed E-state index contributed by atoms with van der Waals surface area (Å²) in [6.45, 7) is 10.4. The van der Waals surface area contributed by atoms with Gasteiger partial charge in [-0.15, -0.1) is 11.3 Å². The fourth-order valence-electron chi connectivity index (χ4n) is 5.01. The van der Waals surface area contributed by atoms with E-state index in [1.54, 1.807) is 11.3 Å². The van der Waals surface area contributed by atoms with Crippen LogP contribution in [0.1, 0.15) is 80.6 Å². The first-order valence-electron chi connectivity index (χ1n) is 11.4. The number of carbonyl (C=O) groups is 1. The molecule has 6 nitrogen and oxygen atoms in total. The number of hydrogen-bond acceptors (Lipinski definition) is 5. The molecular weight excluding hydrogens is 396 g/mol. The monoisotopic (exact) mass is 430 g/mol. The molecule has 30 heavy (non-hydrogen) atoms. The summed E-state index contributed by atoms with van der Waals surface area (Å²) >= 11 is 1.62. The third-order valence-corrected chi connectivity index (χ3v) is 7.81. The number of piperidine rings is 1. The van der Waals surface area contributed by atoms with Gasteiger partial charge in [0.2, 0.25) is 5.91 Å². The minimum atomic E-state index is 0.0689. The smallest absolute Gasteiger partial charge is 0.262 e. The van der Waals surface area contributed by atoms with Gasteiger partial charge in [-0.2, -0.15) is 0 Å². The van der Waals surface area contributed by atoms with Gasteiger partial charge in [-0.3, -0.25) is 19.1 Å². The van der Waals surface area contributed by atoms with Gasteiger partial charge in [0.05, 0.1) is 18.0 Å². The molecule has 1 aliphatic carbocycles. The van der Waals surface area contributed by atoms with E-state index in [4.69, 9.17) is 4.98 Å². The van der Waals surface area contributed by atoms with Gasteiger partial charge in [0.15, 0.2) is 0 Å². The lowest BCUT2D eigenvalue weighted by molar-refractivity contribution is -0.123. The molecule has 1 N–H and O–H groups in total. The van der Waals surface area contributed by atoms with E-state index in [1.165, 1.54) is 12.8 Å². The number of nitrogens with one attached hydrogen (secondary N) is 1. The molecule has 2 aliphatic rings. The van der Waals surface area contributed by atoms with Gasteiger partial charge >= 0.3 is 0 Å². The molecule has 1 amide bonds. The Balaban J connectivity index is 1.58. The standard InChI is InChI=1S/C23H34N4O2S/c1-14(2)21-25-22-20(15(3)16(4)30-22)23(29)27(21)18-10-7-11-26(12-18)13-19(28)24-17-8-5-6-9-17/h14,17-18H,5-13H2,1-4H3,(H,24,28)/t18-/m0/s1. The average molecular weight is 431 g/mol. The van der Waals surface area contributed by atoms with E-state index >= 15 is 0 Å². The molecule has 7 heteroatoms. The van der Waals surface area contributed by atoms with Crippen molar-refractivity contribution in [2.24, 2.45) is 0 Å². The number of aromatic nitrogens is 2. The van der Waals surface area contributed by atoms with Gasteiger partial charge in [-0.1, -0.05) is 26.7 Å². The summed E-state index contributed by atoms with van der Waals surface area (Å²) in [7, 11) is 0. The van der Waals surface area contributed by atoms with Gasteiger partial charge in [0, 0.05) is 23.4 Å². The molecule has 1 aliphatic heterocycles. The SMILES string of the molecule is Cc1sc2nc(C(C)C)n([C@H]3CCCN(CC(=O)NC4CCCC4)C3)c(=O)c2c1C. The Morgan fingerprint density at radius 1 is 1.20 bits per heavy atom. The van der Waals surface area contributed by atoms with Gasteiger partial charge in [0.25, 0.3) is 5.56 Å². The van der Waals surface area contributed by atoms with E-state index in [9.17, 15) is 9.59 Å². The first kappa shape index (κ1) is 21.5. The topological polar surface area (TPSA) is 67.2 Å². The second-order valence-corrected chi connectivity index (χ2v) is 10.5. The van der Waals surface area contributed by atoms with Crippen molar-refractivity contribution in [1.29, 1.82) is 0 Å². The van der Waals surface area contributed by atoms with Crippen molar-refractivity contribution >= 4 is 27.5 Å². The maximum atomic E-state index is 13.6.